The van der Waals surface area contributed by atoms with Crippen LogP contribution in [-0.4, -0.2) is 22.0 Å². The second-order valence-electron chi connectivity index (χ2n) is 4.33. The number of nitrogens with two attached hydrogens (primary N) is 1. The van der Waals surface area contributed by atoms with Crippen molar-refractivity contribution in [1.29, 1.82) is 0 Å². The zero-order chi connectivity index (χ0) is 12.3. The SMILES string of the molecule is N[C@@H]1CCCC[C@H]1Nc1ncccc1[N+](=O)[O-]. The van der Waals surface area contributed by atoms with E-state index in [1.165, 1.54) is 6.07 Å². The fourth-order valence-electron chi connectivity index (χ4n) is 2.17. The number of nitrogens with one attached hydrogen (secondary N) is 1. The Labute approximate surface area is 99.4 Å². The van der Waals surface area contributed by atoms with Gasteiger partial charge >= 0.3 is 5.69 Å². The third-order valence-corrected chi connectivity index (χ3v) is 3.12. The molecule has 0 unspecified atom stereocenters. The largest absolute Gasteiger partial charge is 0.360 e. The summed E-state index contributed by atoms with van der Waals surface area (Å²) in [5.74, 6) is 0.319. The van der Waals surface area contributed by atoms with E-state index in [2.05, 4.69) is 10.3 Å². The highest BCUT2D eigenvalue weighted by Gasteiger charge is 2.24. The zero-order valence-corrected chi connectivity index (χ0v) is 9.50. The third-order valence-electron chi connectivity index (χ3n) is 3.12. The Morgan fingerprint density at radius 3 is 2.94 bits per heavy atom. The van der Waals surface area contributed by atoms with Crippen LogP contribution in [0.1, 0.15) is 25.7 Å². The molecule has 2 atom stereocenters. The molecule has 1 aromatic heterocycles. The van der Waals surface area contributed by atoms with Crippen LogP contribution in [0.25, 0.3) is 0 Å². The van der Waals surface area contributed by atoms with Crippen molar-refractivity contribution in [2.45, 2.75) is 37.8 Å². The van der Waals surface area contributed by atoms with Crippen LogP contribution in [-0.2, 0) is 0 Å². The molecule has 1 heterocycles. The van der Waals surface area contributed by atoms with Gasteiger partial charge in [-0.25, -0.2) is 4.98 Å². The lowest BCUT2D eigenvalue weighted by molar-refractivity contribution is -0.384. The number of pyridine rings is 1. The minimum atomic E-state index is -0.427. The van der Waals surface area contributed by atoms with Gasteiger partial charge < -0.3 is 11.1 Å². The van der Waals surface area contributed by atoms with E-state index < -0.39 is 4.92 Å². The second-order valence-corrected chi connectivity index (χ2v) is 4.33. The van der Waals surface area contributed by atoms with Gasteiger partial charge in [0, 0.05) is 24.3 Å². The molecule has 0 aromatic carbocycles. The van der Waals surface area contributed by atoms with Crippen molar-refractivity contribution in [3.63, 3.8) is 0 Å². The van der Waals surface area contributed by atoms with Gasteiger partial charge in [0.1, 0.15) is 0 Å². The standard InChI is InChI=1S/C11H16N4O2/c12-8-4-1-2-5-9(8)14-11-10(15(16)17)6-3-7-13-11/h3,6-9H,1-2,4-5,12H2,(H,13,14)/t8-,9-/m1/s1. The fourth-order valence-corrected chi connectivity index (χ4v) is 2.17. The predicted molar refractivity (Wildman–Crippen MR) is 64.7 cm³/mol. The lowest BCUT2D eigenvalue weighted by Gasteiger charge is -2.29. The summed E-state index contributed by atoms with van der Waals surface area (Å²) >= 11 is 0. The summed E-state index contributed by atoms with van der Waals surface area (Å²) in [6, 6.07) is 3.14. The Balaban J connectivity index is 2.14. The van der Waals surface area contributed by atoms with E-state index in [1.807, 2.05) is 0 Å². The fraction of sp³-hybridized carbons (Fsp3) is 0.545. The normalized spacial score (nSPS) is 24.3. The van der Waals surface area contributed by atoms with Crippen molar-refractivity contribution in [2.24, 2.45) is 5.73 Å². The van der Waals surface area contributed by atoms with E-state index >= 15 is 0 Å². The Kier molecular flexibility index (Phi) is 3.53. The number of nitrogens with zero attached hydrogens (tertiary/aromatic N) is 2. The maximum atomic E-state index is 10.8. The van der Waals surface area contributed by atoms with Crippen molar-refractivity contribution in [2.75, 3.05) is 5.32 Å². The van der Waals surface area contributed by atoms with E-state index in [4.69, 9.17) is 5.73 Å². The molecular formula is C11H16N4O2. The molecule has 0 saturated heterocycles. The molecule has 0 spiro atoms. The first kappa shape index (κ1) is 11.8. The van der Waals surface area contributed by atoms with Crippen molar-refractivity contribution < 1.29 is 4.92 Å². The molecule has 1 aliphatic rings. The first-order valence-electron chi connectivity index (χ1n) is 5.80. The van der Waals surface area contributed by atoms with Crippen LogP contribution in [0.5, 0.6) is 0 Å². The molecule has 6 heteroatoms. The van der Waals surface area contributed by atoms with Gasteiger partial charge in [-0.2, -0.15) is 0 Å². The summed E-state index contributed by atoms with van der Waals surface area (Å²) in [7, 11) is 0. The number of nitro groups is 1. The van der Waals surface area contributed by atoms with Crippen LogP contribution in [0.2, 0.25) is 0 Å². The summed E-state index contributed by atoms with van der Waals surface area (Å²) < 4.78 is 0. The van der Waals surface area contributed by atoms with Crippen LogP contribution in [0, 0.1) is 10.1 Å². The van der Waals surface area contributed by atoms with Gasteiger partial charge in [0.05, 0.1) is 4.92 Å². The van der Waals surface area contributed by atoms with E-state index in [-0.39, 0.29) is 17.8 Å². The quantitative estimate of drug-likeness (QED) is 0.615. The number of hydrogen-bond acceptors (Lipinski definition) is 5. The molecule has 0 amide bonds. The van der Waals surface area contributed by atoms with Crippen molar-refractivity contribution in [3.8, 4) is 0 Å². The van der Waals surface area contributed by atoms with Crippen molar-refractivity contribution in [1.82, 2.24) is 4.98 Å². The van der Waals surface area contributed by atoms with Crippen LogP contribution in [0.4, 0.5) is 11.5 Å². The number of anilines is 1. The molecule has 0 bridgehead atoms. The summed E-state index contributed by atoms with van der Waals surface area (Å²) in [6.07, 6.45) is 5.67. The molecule has 2 rings (SSSR count). The van der Waals surface area contributed by atoms with Gasteiger partial charge in [-0.15, -0.1) is 0 Å². The van der Waals surface area contributed by atoms with Crippen molar-refractivity contribution in [3.05, 3.63) is 28.4 Å². The summed E-state index contributed by atoms with van der Waals surface area (Å²) in [6.45, 7) is 0. The first-order valence-corrected chi connectivity index (χ1v) is 5.80. The third kappa shape index (κ3) is 2.71. The van der Waals surface area contributed by atoms with Gasteiger partial charge in [-0.05, 0) is 18.9 Å². The van der Waals surface area contributed by atoms with Gasteiger partial charge in [0.15, 0.2) is 0 Å². The second kappa shape index (κ2) is 5.09. The highest BCUT2D eigenvalue weighted by atomic mass is 16.6. The Bertz CT molecular complexity index is 410. The van der Waals surface area contributed by atoms with Gasteiger partial charge in [0.2, 0.25) is 5.82 Å². The predicted octanol–water partition coefficient (Wildman–Crippen LogP) is 1.67. The molecule has 0 aliphatic heterocycles. The highest BCUT2D eigenvalue weighted by Crippen LogP contribution is 2.25. The van der Waals surface area contributed by atoms with E-state index in [1.54, 1.807) is 12.3 Å². The average Bonchev–Trinajstić information content (AvgIpc) is 2.32. The molecule has 1 aliphatic carbocycles. The van der Waals surface area contributed by atoms with E-state index in [0.717, 1.165) is 25.7 Å². The summed E-state index contributed by atoms with van der Waals surface area (Å²) in [4.78, 5) is 14.4. The van der Waals surface area contributed by atoms with E-state index in [9.17, 15) is 10.1 Å². The molecule has 6 nitrogen and oxygen atoms in total. The Morgan fingerprint density at radius 1 is 1.47 bits per heavy atom. The van der Waals surface area contributed by atoms with Gasteiger partial charge in [0.25, 0.3) is 0 Å². The van der Waals surface area contributed by atoms with Crippen LogP contribution in [0.3, 0.4) is 0 Å². The van der Waals surface area contributed by atoms with E-state index in [0.29, 0.717) is 5.82 Å². The monoisotopic (exact) mass is 236 g/mol. The topological polar surface area (TPSA) is 94.1 Å². The minimum absolute atomic E-state index is 0.00488. The van der Waals surface area contributed by atoms with Crippen LogP contribution >= 0.6 is 0 Å². The smallest absolute Gasteiger partial charge is 0.311 e. The van der Waals surface area contributed by atoms with Gasteiger partial charge in [-0.1, -0.05) is 12.8 Å². The maximum Gasteiger partial charge on any atom is 0.311 e. The number of rotatable bonds is 3. The molecule has 1 saturated carbocycles. The molecule has 3 N–H and O–H groups in total. The maximum absolute atomic E-state index is 10.8. The molecule has 92 valence electrons. The molecule has 1 fully saturated rings. The van der Waals surface area contributed by atoms with Gasteiger partial charge in [-0.3, -0.25) is 10.1 Å². The lowest BCUT2D eigenvalue weighted by atomic mass is 9.91. The Morgan fingerprint density at radius 2 is 2.24 bits per heavy atom. The molecular weight excluding hydrogens is 220 g/mol. The number of hydrogen-bond donors (Lipinski definition) is 2. The summed E-state index contributed by atoms with van der Waals surface area (Å²) in [5.41, 5.74) is 6.00. The minimum Gasteiger partial charge on any atom is -0.360 e. The number of aromatic nitrogens is 1. The summed E-state index contributed by atoms with van der Waals surface area (Å²) in [5, 5.41) is 13.9. The molecule has 1 aromatic rings. The molecule has 17 heavy (non-hydrogen) atoms. The zero-order valence-electron chi connectivity index (χ0n) is 9.50. The Hall–Kier alpha value is -1.69. The van der Waals surface area contributed by atoms with Crippen LogP contribution < -0.4 is 11.1 Å². The van der Waals surface area contributed by atoms with Crippen molar-refractivity contribution >= 4 is 11.5 Å². The molecule has 0 radical (unpaired) electrons. The lowest BCUT2D eigenvalue weighted by Crippen LogP contribution is -2.42. The first-order chi connectivity index (χ1) is 8.18. The highest BCUT2D eigenvalue weighted by molar-refractivity contribution is 5.55. The van der Waals surface area contributed by atoms with Crippen LogP contribution in [0.15, 0.2) is 18.3 Å². The average molecular weight is 236 g/mol.